The van der Waals surface area contributed by atoms with Crippen molar-refractivity contribution >= 4 is 15.6 Å². The standard InChI is InChI=1S/C55H94O7P2/c1-45(2)23-13-24-46(3)25-14-26-47(4)27-15-28-48(5)29-16-30-49(6)31-17-32-50(7)33-18-34-51(8)35-19-36-52(9)37-20-38-53(10)39-21-40-54(11)41-22-42-55(12)43-44-61-64(59,60)62-63(56,57)58/h23,25,27,29,31,33,35,37,39,41,55H,13-22,24,26,28,30,32,34,36,38,40,42-44H2,1-12H3,(H,59,60)(H2,56,57,58). The molecular weight excluding hydrogens is 835 g/mol. The number of rotatable bonds is 36. The largest absolute Gasteiger partial charge is 0.481 e. The van der Waals surface area contributed by atoms with E-state index in [4.69, 9.17) is 9.79 Å². The van der Waals surface area contributed by atoms with Gasteiger partial charge in [0.2, 0.25) is 0 Å². The Morgan fingerprint density at radius 2 is 0.625 bits per heavy atom. The lowest BCUT2D eigenvalue weighted by molar-refractivity contribution is 0.170. The first-order chi connectivity index (χ1) is 30.1. The van der Waals surface area contributed by atoms with Gasteiger partial charge in [0.25, 0.3) is 0 Å². The van der Waals surface area contributed by atoms with Crippen molar-refractivity contribution < 1.29 is 32.6 Å². The maximum absolute atomic E-state index is 11.5. The van der Waals surface area contributed by atoms with Crippen LogP contribution in [0.2, 0.25) is 0 Å². The van der Waals surface area contributed by atoms with Gasteiger partial charge in [-0.1, -0.05) is 123 Å². The average Bonchev–Trinajstić information content (AvgIpc) is 3.16. The molecule has 0 aromatic heterocycles. The first-order valence-corrected chi connectivity index (χ1v) is 27.4. The van der Waals surface area contributed by atoms with Gasteiger partial charge >= 0.3 is 15.6 Å². The van der Waals surface area contributed by atoms with Gasteiger partial charge < -0.3 is 14.7 Å². The number of hydrogen-bond acceptors (Lipinski definition) is 4. The third-order valence-electron chi connectivity index (χ3n) is 11.6. The Hall–Kier alpha value is -2.34. The fourth-order valence-electron chi connectivity index (χ4n) is 7.16. The molecule has 0 aliphatic heterocycles. The van der Waals surface area contributed by atoms with Crippen molar-refractivity contribution in [3.63, 3.8) is 0 Å². The summed E-state index contributed by atoms with van der Waals surface area (Å²) in [5.41, 5.74) is 14.7. The lowest BCUT2D eigenvalue weighted by Crippen LogP contribution is -2.02. The van der Waals surface area contributed by atoms with E-state index >= 15 is 0 Å². The minimum atomic E-state index is -5.09. The number of hydrogen-bond donors (Lipinski definition) is 3. The Morgan fingerprint density at radius 1 is 0.391 bits per heavy atom. The average molecular weight is 929 g/mol. The van der Waals surface area contributed by atoms with Crippen molar-refractivity contribution in [2.24, 2.45) is 5.92 Å². The highest BCUT2D eigenvalue weighted by molar-refractivity contribution is 7.60. The van der Waals surface area contributed by atoms with Gasteiger partial charge in [-0.2, -0.15) is 4.31 Å². The highest BCUT2D eigenvalue weighted by atomic mass is 31.3. The molecule has 0 aromatic rings. The predicted octanol–water partition coefficient (Wildman–Crippen LogP) is 18.5. The maximum Gasteiger partial charge on any atom is 0.481 e. The van der Waals surface area contributed by atoms with E-state index in [0.717, 1.165) is 116 Å². The van der Waals surface area contributed by atoms with E-state index in [-0.39, 0.29) is 12.5 Å². The van der Waals surface area contributed by atoms with E-state index in [9.17, 15) is 14.0 Å². The number of phosphoric ester groups is 1. The second kappa shape index (κ2) is 36.7. The Bertz CT molecular complexity index is 1740. The summed E-state index contributed by atoms with van der Waals surface area (Å²) in [6.07, 6.45) is 46.5. The van der Waals surface area contributed by atoms with Gasteiger partial charge in [-0.05, 0) is 217 Å². The Balaban J connectivity index is 4.28. The minimum absolute atomic E-state index is 0.112. The zero-order valence-corrected chi connectivity index (χ0v) is 44.6. The highest BCUT2D eigenvalue weighted by Gasteiger charge is 2.32. The van der Waals surface area contributed by atoms with E-state index in [1.807, 2.05) is 6.92 Å². The van der Waals surface area contributed by atoms with E-state index in [1.165, 1.54) is 68.6 Å². The smallest absolute Gasteiger partial charge is 0.302 e. The third kappa shape index (κ3) is 41.1. The molecule has 0 aliphatic rings. The fraction of sp³-hybridized carbons (Fsp3) is 0.636. The first-order valence-electron chi connectivity index (χ1n) is 24.3. The van der Waals surface area contributed by atoms with Crippen LogP contribution in [-0.4, -0.2) is 21.3 Å². The molecule has 0 aliphatic carbocycles. The summed E-state index contributed by atoms with van der Waals surface area (Å²) in [7, 11) is -9.85. The van der Waals surface area contributed by atoms with Crippen molar-refractivity contribution in [1.82, 2.24) is 0 Å². The lowest BCUT2D eigenvalue weighted by Gasteiger charge is -2.14. The first kappa shape index (κ1) is 61.7. The summed E-state index contributed by atoms with van der Waals surface area (Å²) >= 11 is 0. The highest BCUT2D eigenvalue weighted by Crippen LogP contribution is 2.57. The van der Waals surface area contributed by atoms with Crippen LogP contribution < -0.4 is 0 Å². The molecule has 0 saturated carbocycles. The van der Waals surface area contributed by atoms with Crippen LogP contribution in [-0.2, 0) is 18.0 Å². The molecule has 0 spiro atoms. The summed E-state index contributed by atoms with van der Waals surface area (Å²) in [5, 5.41) is 0. The molecule has 2 unspecified atom stereocenters. The van der Waals surface area contributed by atoms with Gasteiger partial charge in [0.15, 0.2) is 0 Å². The molecule has 0 saturated heterocycles. The van der Waals surface area contributed by atoms with Crippen LogP contribution in [0, 0.1) is 5.92 Å². The molecule has 2 atom stereocenters. The molecule has 64 heavy (non-hydrogen) atoms. The molecule has 0 amide bonds. The van der Waals surface area contributed by atoms with Gasteiger partial charge in [0.05, 0.1) is 6.61 Å². The number of phosphoric acid groups is 2. The van der Waals surface area contributed by atoms with Crippen molar-refractivity contribution in [1.29, 1.82) is 0 Å². The van der Waals surface area contributed by atoms with Crippen LogP contribution >= 0.6 is 15.6 Å². The fourth-order valence-corrected chi connectivity index (χ4v) is 8.76. The summed E-state index contributed by atoms with van der Waals surface area (Å²) < 4.78 is 30.8. The Kier molecular flexibility index (Phi) is 35.4. The molecule has 0 radical (unpaired) electrons. The molecular formula is C55H94O7P2. The van der Waals surface area contributed by atoms with E-state index < -0.39 is 15.6 Å². The van der Waals surface area contributed by atoms with Gasteiger partial charge in [0, 0.05) is 0 Å². The minimum Gasteiger partial charge on any atom is -0.302 e. The molecule has 0 rings (SSSR count). The Morgan fingerprint density at radius 3 is 0.859 bits per heavy atom. The quantitative estimate of drug-likeness (QED) is 0.0424. The van der Waals surface area contributed by atoms with Gasteiger partial charge in [-0.25, -0.2) is 9.13 Å². The topological polar surface area (TPSA) is 113 Å². The molecule has 0 aromatic carbocycles. The molecule has 3 N–H and O–H groups in total. The third-order valence-corrected chi connectivity index (χ3v) is 13.8. The number of allylic oxidation sites excluding steroid dienone is 20. The van der Waals surface area contributed by atoms with Crippen LogP contribution in [0.5, 0.6) is 0 Å². The summed E-state index contributed by atoms with van der Waals surface area (Å²) in [4.78, 5) is 26.7. The molecule has 7 nitrogen and oxygen atoms in total. The van der Waals surface area contributed by atoms with E-state index in [1.54, 1.807) is 0 Å². The molecule has 0 fully saturated rings. The predicted molar refractivity (Wildman–Crippen MR) is 278 cm³/mol. The molecule has 366 valence electrons. The SMILES string of the molecule is CC(C)=CCCC(C)=CCCC(C)=CCCC(C)=CCCC(C)=CCCC(C)=CCCC(C)=CCCC(C)=CCCC(C)=CCCC(C)=CCCC(C)CCOP(=O)(O)OP(=O)(O)O. The lowest BCUT2D eigenvalue weighted by atomic mass is 10.0. The zero-order chi connectivity index (χ0) is 48.4. The van der Waals surface area contributed by atoms with Crippen LogP contribution in [0.1, 0.15) is 218 Å². The second-order valence-corrected chi connectivity index (χ2v) is 21.8. The van der Waals surface area contributed by atoms with Crippen molar-refractivity contribution in [2.45, 2.75) is 218 Å². The molecule has 0 bridgehead atoms. The maximum atomic E-state index is 11.5. The normalized spacial score (nSPS) is 16.1. The van der Waals surface area contributed by atoms with Crippen LogP contribution in [0.3, 0.4) is 0 Å². The monoisotopic (exact) mass is 929 g/mol. The van der Waals surface area contributed by atoms with E-state index in [0.29, 0.717) is 6.42 Å². The van der Waals surface area contributed by atoms with Crippen molar-refractivity contribution in [3.05, 3.63) is 116 Å². The molecule has 0 heterocycles. The summed E-state index contributed by atoms with van der Waals surface area (Å²) in [6, 6.07) is 0. The van der Waals surface area contributed by atoms with Crippen molar-refractivity contribution in [3.8, 4) is 0 Å². The van der Waals surface area contributed by atoms with Crippen LogP contribution in [0.25, 0.3) is 0 Å². The van der Waals surface area contributed by atoms with Crippen LogP contribution in [0.4, 0.5) is 0 Å². The molecule has 9 heteroatoms. The Labute approximate surface area is 393 Å². The van der Waals surface area contributed by atoms with Crippen molar-refractivity contribution in [2.75, 3.05) is 6.61 Å². The summed E-state index contributed by atoms with van der Waals surface area (Å²) in [6.45, 7) is 26.6. The second-order valence-electron chi connectivity index (χ2n) is 18.9. The van der Waals surface area contributed by atoms with Gasteiger partial charge in [0.1, 0.15) is 0 Å². The van der Waals surface area contributed by atoms with Gasteiger partial charge in [-0.3, -0.25) is 4.52 Å². The van der Waals surface area contributed by atoms with Gasteiger partial charge in [-0.15, -0.1) is 0 Å². The van der Waals surface area contributed by atoms with E-state index in [2.05, 4.69) is 146 Å². The summed E-state index contributed by atoms with van der Waals surface area (Å²) in [5.74, 6) is 0.222. The van der Waals surface area contributed by atoms with Crippen LogP contribution in [0.15, 0.2) is 116 Å². The zero-order valence-electron chi connectivity index (χ0n) is 42.8.